The first-order valence-corrected chi connectivity index (χ1v) is 6.71. The second-order valence-corrected chi connectivity index (χ2v) is 4.63. The number of carbonyl (C=O) groups is 1. The average molecular weight is 251 g/mol. The monoisotopic (exact) mass is 251 g/mol. The smallest absolute Gasteiger partial charge is 0.251 e. The highest BCUT2D eigenvalue weighted by atomic mass is 19.1. The van der Waals surface area contributed by atoms with E-state index in [9.17, 15) is 9.18 Å². The number of rotatable bonds is 7. The minimum atomic E-state index is -0.319. The Hall–Kier alpha value is -1.38. The van der Waals surface area contributed by atoms with Crippen molar-refractivity contribution in [2.24, 2.45) is 5.92 Å². The van der Waals surface area contributed by atoms with Crippen LogP contribution in [0, 0.1) is 11.7 Å². The Morgan fingerprint density at radius 2 is 1.94 bits per heavy atom. The minimum absolute atomic E-state index is 0.120. The molecule has 0 aromatic heterocycles. The van der Waals surface area contributed by atoms with Gasteiger partial charge in [-0.2, -0.15) is 0 Å². The second-order valence-electron chi connectivity index (χ2n) is 4.63. The van der Waals surface area contributed by atoms with Gasteiger partial charge in [0.15, 0.2) is 0 Å². The van der Waals surface area contributed by atoms with Crippen LogP contribution in [0.5, 0.6) is 0 Å². The quantitative estimate of drug-likeness (QED) is 0.785. The molecule has 0 aliphatic heterocycles. The van der Waals surface area contributed by atoms with Gasteiger partial charge in [-0.1, -0.05) is 33.1 Å². The molecule has 0 aliphatic carbocycles. The summed E-state index contributed by atoms with van der Waals surface area (Å²) in [4.78, 5) is 11.8. The van der Waals surface area contributed by atoms with E-state index in [-0.39, 0.29) is 11.7 Å². The zero-order chi connectivity index (χ0) is 13.4. The Morgan fingerprint density at radius 1 is 1.28 bits per heavy atom. The van der Waals surface area contributed by atoms with Crippen molar-refractivity contribution in [3.05, 3.63) is 35.6 Å². The van der Waals surface area contributed by atoms with Crippen LogP contribution in [0.1, 0.15) is 49.9 Å². The highest BCUT2D eigenvalue weighted by Crippen LogP contribution is 2.11. The lowest BCUT2D eigenvalue weighted by molar-refractivity contribution is 0.0946. The van der Waals surface area contributed by atoms with E-state index in [1.165, 1.54) is 37.1 Å². The lowest BCUT2D eigenvalue weighted by atomic mass is 9.99. The number of nitrogens with one attached hydrogen (secondary N) is 1. The average Bonchev–Trinajstić information content (AvgIpc) is 2.39. The highest BCUT2D eigenvalue weighted by molar-refractivity contribution is 5.94. The lowest BCUT2D eigenvalue weighted by Gasteiger charge is -2.15. The van der Waals surface area contributed by atoms with Gasteiger partial charge in [-0.25, -0.2) is 4.39 Å². The molecule has 1 rings (SSSR count). The van der Waals surface area contributed by atoms with E-state index in [1.807, 2.05) is 0 Å². The second kappa shape index (κ2) is 7.85. The molecule has 0 saturated carbocycles. The zero-order valence-electron chi connectivity index (χ0n) is 11.2. The molecular weight excluding hydrogens is 229 g/mol. The van der Waals surface area contributed by atoms with Crippen molar-refractivity contribution in [2.75, 3.05) is 6.54 Å². The van der Waals surface area contributed by atoms with E-state index in [0.717, 1.165) is 12.8 Å². The van der Waals surface area contributed by atoms with Gasteiger partial charge < -0.3 is 5.32 Å². The Bertz CT molecular complexity index is 361. The van der Waals surface area contributed by atoms with Gasteiger partial charge in [-0.3, -0.25) is 4.79 Å². The molecule has 1 aromatic carbocycles. The summed E-state index contributed by atoms with van der Waals surface area (Å²) >= 11 is 0. The molecule has 3 heteroatoms. The third-order valence-electron chi connectivity index (χ3n) is 3.20. The van der Waals surface area contributed by atoms with E-state index in [2.05, 4.69) is 19.2 Å². The van der Waals surface area contributed by atoms with E-state index >= 15 is 0 Å². The molecule has 1 unspecified atom stereocenters. The summed E-state index contributed by atoms with van der Waals surface area (Å²) in [6.45, 7) is 5.01. The van der Waals surface area contributed by atoms with Crippen molar-refractivity contribution in [3.8, 4) is 0 Å². The van der Waals surface area contributed by atoms with Crippen molar-refractivity contribution in [1.29, 1.82) is 0 Å². The van der Waals surface area contributed by atoms with Crippen LogP contribution in [0.15, 0.2) is 24.3 Å². The van der Waals surface area contributed by atoms with Crippen LogP contribution in [0.2, 0.25) is 0 Å². The molecule has 1 N–H and O–H groups in total. The topological polar surface area (TPSA) is 29.1 Å². The third kappa shape index (κ3) is 4.86. The molecule has 0 radical (unpaired) electrons. The van der Waals surface area contributed by atoms with Crippen LogP contribution in [-0.4, -0.2) is 12.5 Å². The van der Waals surface area contributed by atoms with Crippen LogP contribution < -0.4 is 5.32 Å². The van der Waals surface area contributed by atoms with E-state index in [0.29, 0.717) is 18.0 Å². The van der Waals surface area contributed by atoms with Crippen LogP contribution in [0.3, 0.4) is 0 Å². The molecule has 1 aromatic rings. The van der Waals surface area contributed by atoms with Crippen LogP contribution in [-0.2, 0) is 0 Å². The van der Waals surface area contributed by atoms with Crippen LogP contribution in [0.4, 0.5) is 4.39 Å². The molecule has 1 atom stereocenters. The Balaban J connectivity index is 2.42. The summed E-state index contributed by atoms with van der Waals surface area (Å²) in [6, 6.07) is 5.64. The van der Waals surface area contributed by atoms with E-state index in [1.54, 1.807) is 0 Å². The summed E-state index contributed by atoms with van der Waals surface area (Å²) in [5, 5.41) is 2.92. The summed E-state index contributed by atoms with van der Waals surface area (Å²) in [7, 11) is 0. The Morgan fingerprint density at radius 3 is 2.50 bits per heavy atom. The zero-order valence-corrected chi connectivity index (χ0v) is 11.2. The molecule has 18 heavy (non-hydrogen) atoms. The maximum atomic E-state index is 12.7. The van der Waals surface area contributed by atoms with Gasteiger partial charge in [0.05, 0.1) is 0 Å². The summed E-state index contributed by atoms with van der Waals surface area (Å²) in [5.41, 5.74) is 0.516. The summed E-state index contributed by atoms with van der Waals surface area (Å²) in [5.74, 6) is 0.0974. The molecule has 0 saturated heterocycles. The predicted molar refractivity (Wildman–Crippen MR) is 72.0 cm³/mol. The molecule has 0 bridgehead atoms. The van der Waals surface area contributed by atoms with Gasteiger partial charge in [0, 0.05) is 12.1 Å². The van der Waals surface area contributed by atoms with Crippen molar-refractivity contribution < 1.29 is 9.18 Å². The molecule has 2 nitrogen and oxygen atoms in total. The molecule has 0 fully saturated rings. The number of unbranched alkanes of at least 4 members (excludes halogenated alkanes) is 1. The van der Waals surface area contributed by atoms with Crippen molar-refractivity contribution in [2.45, 2.75) is 39.5 Å². The molecule has 0 aliphatic rings. The van der Waals surface area contributed by atoms with Crippen molar-refractivity contribution in [1.82, 2.24) is 5.32 Å². The van der Waals surface area contributed by atoms with E-state index < -0.39 is 0 Å². The number of carbonyl (C=O) groups excluding carboxylic acids is 1. The standard InChI is InChI=1S/C15H22FNO/c1-3-5-6-12(4-2)11-17-15(18)13-7-9-14(16)10-8-13/h7-10,12H,3-6,11H2,1-2H3,(H,17,18). The summed E-state index contributed by atoms with van der Waals surface area (Å²) < 4.78 is 12.7. The van der Waals surface area contributed by atoms with Gasteiger partial charge in [0.2, 0.25) is 0 Å². The number of hydrogen-bond acceptors (Lipinski definition) is 1. The largest absolute Gasteiger partial charge is 0.352 e. The van der Waals surface area contributed by atoms with Crippen molar-refractivity contribution >= 4 is 5.91 Å². The number of amides is 1. The van der Waals surface area contributed by atoms with Gasteiger partial charge in [-0.05, 0) is 36.6 Å². The normalized spacial score (nSPS) is 12.2. The first kappa shape index (κ1) is 14.7. The number of benzene rings is 1. The number of halogens is 1. The predicted octanol–water partition coefficient (Wildman–Crippen LogP) is 3.77. The third-order valence-corrected chi connectivity index (χ3v) is 3.20. The van der Waals surface area contributed by atoms with Gasteiger partial charge in [0.1, 0.15) is 5.82 Å². The first-order valence-electron chi connectivity index (χ1n) is 6.71. The molecule has 0 spiro atoms. The first-order chi connectivity index (χ1) is 8.67. The highest BCUT2D eigenvalue weighted by Gasteiger charge is 2.09. The summed E-state index contributed by atoms with van der Waals surface area (Å²) in [6.07, 6.45) is 4.60. The van der Waals surface area contributed by atoms with Gasteiger partial charge >= 0.3 is 0 Å². The SMILES string of the molecule is CCCCC(CC)CNC(=O)c1ccc(F)cc1. The lowest BCUT2D eigenvalue weighted by Crippen LogP contribution is -2.29. The van der Waals surface area contributed by atoms with Crippen LogP contribution in [0.25, 0.3) is 0 Å². The van der Waals surface area contributed by atoms with Crippen LogP contribution >= 0.6 is 0 Å². The van der Waals surface area contributed by atoms with E-state index in [4.69, 9.17) is 0 Å². The fourth-order valence-electron chi connectivity index (χ4n) is 1.88. The van der Waals surface area contributed by atoms with Crippen molar-refractivity contribution in [3.63, 3.8) is 0 Å². The maximum Gasteiger partial charge on any atom is 0.251 e. The number of hydrogen-bond donors (Lipinski definition) is 1. The molecule has 1 amide bonds. The Kier molecular flexibility index (Phi) is 6.40. The minimum Gasteiger partial charge on any atom is -0.352 e. The fourth-order valence-corrected chi connectivity index (χ4v) is 1.88. The molecular formula is C15H22FNO. The fraction of sp³-hybridized carbons (Fsp3) is 0.533. The molecule has 0 heterocycles. The van der Waals surface area contributed by atoms with Gasteiger partial charge in [-0.15, -0.1) is 0 Å². The molecule has 100 valence electrons. The maximum absolute atomic E-state index is 12.7. The Labute approximate surface area is 109 Å². The van der Waals surface area contributed by atoms with Gasteiger partial charge in [0.25, 0.3) is 5.91 Å².